The smallest absolute Gasteiger partial charge is 0.407 e. The summed E-state index contributed by atoms with van der Waals surface area (Å²) < 4.78 is 11.1. The van der Waals surface area contributed by atoms with Gasteiger partial charge < -0.3 is 19.9 Å². The van der Waals surface area contributed by atoms with E-state index in [1.165, 1.54) is 22.3 Å². The van der Waals surface area contributed by atoms with Crippen molar-refractivity contribution in [3.05, 3.63) is 59.7 Å². The summed E-state index contributed by atoms with van der Waals surface area (Å²) in [6, 6.07) is 16.5. The van der Waals surface area contributed by atoms with Crippen molar-refractivity contribution in [3.8, 4) is 11.1 Å². The second kappa shape index (κ2) is 7.09. The molecule has 1 fully saturated rings. The van der Waals surface area contributed by atoms with Crippen molar-refractivity contribution < 1.29 is 19.4 Å². The minimum Gasteiger partial charge on any atom is -0.449 e. The van der Waals surface area contributed by atoms with Crippen LogP contribution in [0.15, 0.2) is 48.5 Å². The maximum absolute atomic E-state index is 12.2. The molecule has 4 rings (SSSR count). The lowest BCUT2D eigenvalue weighted by molar-refractivity contribution is -0.0363. The van der Waals surface area contributed by atoms with Gasteiger partial charge in [0.2, 0.25) is 0 Å². The van der Waals surface area contributed by atoms with Crippen LogP contribution in [0.4, 0.5) is 4.79 Å². The first-order chi connectivity index (χ1) is 12.7. The minimum absolute atomic E-state index is 0.0442. The first-order valence-electron chi connectivity index (χ1n) is 9.06. The summed E-state index contributed by atoms with van der Waals surface area (Å²) in [7, 11) is 0. The summed E-state index contributed by atoms with van der Waals surface area (Å²) in [4.78, 5) is 12.2. The Morgan fingerprint density at radius 3 is 2.38 bits per heavy atom. The van der Waals surface area contributed by atoms with E-state index in [0.717, 1.165) is 12.8 Å². The number of nitrogens with one attached hydrogen (secondary N) is 1. The summed E-state index contributed by atoms with van der Waals surface area (Å²) in [5, 5.41) is 12.3. The van der Waals surface area contributed by atoms with Gasteiger partial charge in [-0.25, -0.2) is 4.79 Å². The van der Waals surface area contributed by atoms with Crippen molar-refractivity contribution in [1.29, 1.82) is 0 Å². The lowest BCUT2D eigenvalue weighted by Crippen LogP contribution is -2.45. The fourth-order valence-corrected chi connectivity index (χ4v) is 3.96. The van der Waals surface area contributed by atoms with Crippen molar-refractivity contribution in [3.63, 3.8) is 0 Å². The number of aliphatic hydroxyl groups is 1. The Bertz CT molecular complexity index is 753. The molecule has 1 aliphatic carbocycles. The zero-order chi connectivity index (χ0) is 18.0. The molecule has 0 spiro atoms. The van der Waals surface area contributed by atoms with Crippen LogP contribution in [0.1, 0.15) is 29.9 Å². The van der Waals surface area contributed by atoms with E-state index in [4.69, 9.17) is 9.47 Å². The Balaban J connectivity index is 1.41. The third-order valence-corrected chi connectivity index (χ3v) is 5.37. The highest BCUT2D eigenvalue weighted by Gasteiger charge is 2.35. The van der Waals surface area contributed by atoms with Gasteiger partial charge in [0.1, 0.15) is 12.2 Å². The fourth-order valence-electron chi connectivity index (χ4n) is 3.96. The van der Waals surface area contributed by atoms with Gasteiger partial charge in [0.25, 0.3) is 0 Å². The molecule has 1 aliphatic heterocycles. The maximum Gasteiger partial charge on any atom is 0.407 e. The Morgan fingerprint density at radius 1 is 1.15 bits per heavy atom. The van der Waals surface area contributed by atoms with Crippen molar-refractivity contribution in [2.75, 3.05) is 26.4 Å². The molecule has 2 aromatic carbocycles. The molecule has 136 valence electrons. The number of carbonyl (C=O) groups is 1. The SMILES string of the molecule is O=C(NCC1(CO)CCCO1)OCC1c2ccccc2-c2ccccc21. The average Bonchev–Trinajstić information content (AvgIpc) is 3.28. The molecule has 5 heteroatoms. The monoisotopic (exact) mass is 353 g/mol. The van der Waals surface area contributed by atoms with Gasteiger partial charge in [-0.15, -0.1) is 0 Å². The van der Waals surface area contributed by atoms with Crippen LogP contribution in [0.3, 0.4) is 0 Å². The fraction of sp³-hybridized carbons (Fsp3) is 0.381. The van der Waals surface area contributed by atoms with Gasteiger partial charge in [0.15, 0.2) is 0 Å². The van der Waals surface area contributed by atoms with Crippen molar-refractivity contribution in [1.82, 2.24) is 5.32 Å². The molecule has 26 heavy (non-hydrogen) atoms. The van der Waals surface area contributed by atoms with Crippen LogP contribution >= 0.6 is 0 Å². The van der Waals surface area contributed by atoms with Crippen LogP contribution in [0, 0.1) is 0 Å². The molecule has 0 radical (unpaired) electrons. The number of benzene rings is 2. The number of hydrogen-bond donors (Lipinski definition) is 2. The molecule has 2 aliphatic rings. The molecule has 0 bridgehead atoms. The highest BCUT2D eigenvalue weighted by Crippen LogP contribution is 2.44. The third-order valence-electron chi connectivity index (χ3n) is 5.37. The molecule has 5 nitrogen and oxygen atoms in total. The van der Waals surface area contributed by atoms with Gasteiger partial charge in [-0.1, -0.05) is 48.5 Å². The van der Waals surface area contributed by atoms with Crippen molar-refractivity contribution >= 4 is 6.09 Å². The molecular formula is C21H23NO4. The van der Waals surface area contributed by atoms with E-state index in [0.29, 0.717) is 6.61 Å². The second-order valence-corrected chi connectivity index (χ2v) is 6.97. The number of amides is 1. The highest BCUT2D eigenvalue weighted by molar-refractivity contribution is 5.79. The van der Waals surface area contributed by atoms with Crippen LogP contribution in [-0.2, 0) is 9.47 Å². The number of aliphatic hydroxyl groups excluding tert-OH is 1. The van der Waals surface area contributed by atoms with Gasteiger partial charge in [-0.3, -0.25) is 0 Å². The standard InChI is InChI=1S/C21H23NO4/c23-14-21(10-5-11-26-21)13-22-20(24)25-12-19-17-8-3-1-6-15(17)16-7-2-4-9-18(16)19/h1-4,6-9,19,23H,5,10-14H2,(H,22,24). The van der Waals surface area contributed by atoms with E-state index in [2.05, 4.69) is 29.6 Å². The topological polar surface area (TPSA) is 67.8 Å². The van der Waals surface area contributed by atoms with Crippen LogP contribution in [0.25, 0.3) is 11.1 Å². The first kappa shape index (κ1) is 17.1. The Hall–Kier alpha value is -2.37. The van der Waals surface area contributed by atoms with Crippen LogP contribution < -0.4 is 5.32 Å². The number of rotatable bonds is 5. The molecule has 1 unspecified atom stereocenters. The summed E-state index contributed by atoms with van der Waals surface area (Å²) in [5.74, 6) is 0.0442. The molecule has 1 atom stereocenters. The first-order valence-corrected chi connectivity index (χ1v) is 9.06. The molecule has 1 saturated heterocycles. The van der Waals surface area contributed by atoms with E-state index >= 15 is 0 Å². The summed E-state index contributed by atoms with van der Waals surface area (Å²) in [5.41, 5.74) is 4.12. The Labute approximate surface area is 152 Å². The van der Waals surface area contributed by atoms with Crippen molar-refractivity contribution in [2.24, 2.45) is 0 Å². The van der Waals surface area contributed by atoms with Gasteiger partial charge >= 0.3 is 6.09 Å². The van der Waals surface area contributed by atoms with E-state index in [1.807, 2.05) is 24.3 Å². The maximum atomic E-state index is 12.2. The van der Waals surface area contributed by atoms with Gasteiger partial charge in [-0.2, -0.15) is 0 Å². The van der Waals surface area contributed by atoms with Gasteiger partial charge in [0.05, 0.1) is 13.2 Å². The number of carbonyl (C=O) groups excluding carboxylic acids is 1. The molecule has 2 aromatic rings. The van der Waals surface area contributed by atoms with Gasteiger partial charge in [0, 0.05) is 12.5 Å². The lowest BCUT2D eigenvalue weighted by atomic mass is 9.98. The Morgan fingerprint density at radius 2 is 1.81 bits per heavy atom. The normalized spacial score (nSPS) is 21.3. The van der Waals surface area contributed by atoms with Gasteiger partial charge in [-0.05, 0) is 35.1 Å². The van der Waals surface area contributed by atoms with Crippen LogP contribution in [-0.4, -0.2) is 43.2 Å². The average molecular weight is 353 g/mol. The largest absolute Gasteiger partial charge is 0.449 e. The zero-order valence-electron chi connectivity index (χ0n) is 14.6. The summed E-state index contributed by atoms with van der Waals surface area (Å²) in [6.45, 7) is 1.07. The quantitative estimate of drug-likeness (QED) is 0.867. The zero-order valence-corrected chi connectivity index (χ0v) is 14.6. The predicted molar refractivity (Wildman–Crippen MR) is 98.1 cm³/mol. The molecule has 2 N–H and O–H groups in total. The van der Waals surface area contributed by atoms with E-state index in [-0.39, 0.29) is 25.7 Å². The molecule has 0 aromatic heterocycles. The Kier molecular flexibility index (Phi) is 4.66. The predicted octanol–water partition coefficient (Wildman–Crippen LogP) is 3.07. The number of fused-ring (bicyclic) bond motifs is 3. The van der Waals surface area contributed by atoms with Crippen molar-refractivity contribution in [2.45, 2.75) is 24.4 Å². The molecule has 0 saturated carbocycles. The third kappa shape index (κ3) is 3.08. The van der Waals surface area contributed by atoms with Crippen LogP contribution in [0.5, 0.6) is 0 Å². The summed E-state index contributed by atoms with van der Waals surface area (Å²) in [6.07, 6.45) is 1.16. The summed E-state index contributed by atoms with van der Waals surface area (Å²) >= 11 is 0. The van der Waals surface area contributed by atoms with E-state index in [9.17, 15) is 9.90 Å². The minimum atomic E-state index is -0.661. The number of ether oxygens (including phenoxy) is 2. The second-order valence-electron chi connectivity index (χ2n) is 6.97. The van der Waals surface area contributed by atoms with Crippen LogP contribution in [0.2, 0.25) is 0 Å². The highest BCUT2D eigenvalue weighted by atomic mass is 16.6. The lowest BCUT2D eigenvalue weighted by Gasteiger charge is -2.26. The number of hydrogen-bond acceptors (Lipinski definition) is 4. The molecular weight excluding hydrogens is 330 g/mol. The molecule has 1 amide bonds. The number of alkyl carbamates (subject to hydrolysis) is 1. The van der Waals surface area contributed by atoms with E-state index < -0.39 is 11.7 Å². The van der Waals surface area contributed by atoms with E-state index in [1.54, 1.807) is 0 Å². The molecule has 1 heterocycles.